The highest BCUT2D eigenvalue weighted by Gasteiger charge is 2.60. The molecule has 2 aliphatic heterocycles. The van der Waals surface area contributed by atoms with Crippen LogP contribution in [0.25, 0.3) is 0 Å². The zero-order valence-electron chi connectivity index (χ0n) is 15.9. The molecule has 0 radical (unpaired) electrons. The minimum absolute atomic E-state index is 0.0452. The molecule has 2 rings (SSSR count). The SMILES string of the molecule is CC(=O)O.C[C@@H](O)[C@H]1C(=O)N2C(C(=O)O)=C(SCCNC=N)[C@H](CCCN)[C@H]12. The van der Waals surface area contributed by atoms with Crippen molar-refractivity contribution >= 4 is 35.9 Å². The van der Waals surface area contributed by atoms with Crippen LogP contribution in [0.3, 0.4) is 0 Å². The van der Waals surface area contributed by atoms with Crippen molar-refractivity contribution < 1.29 is 29.7 Å². The number of aliphatic hydroxyl groups excluding tert-OH is 1. The lowest BCUT2D eigenvalue weighted by Gasteiger charge is -2.47. The van der Waals surface area contributed by atoms with Gasteiger partial charge >= 0.3 is 5.97 Å². The number of amides is 1. The van der Waals surface area contributed by atoms with Gasteiger partial charge in [-0.05, 0) is 26.3 Å². The number of carboxylic acids is 2. The first kappa shape index (κ1) is 23.9. The van der Waals surface area contributed by atoms with Crippen molar-refractivity contribution in [3.05, 3.63) is 10.6 Å². The number of fused-ring (bicyclic) bond motifs is 1. The van der Waals surface area contributed by atoms with E-state index in [9.17, 15) is 19.8 Å². The van der Waals surface area contributed by atoms with E-state index in [4.69, 9.17) is 21.0 Å². The summed E-state index contributed by atoms with van der Waals surface area (Å²) in [6.07, 6.45) is 1.70. The van der Waals surface area contributed by atoms with E-state index in [1.807, 2.05) is 0 Å². The van der Waals surface area contributed by atoms with Crippen LogP contribution in [-0.2, 0) is 14.4 Å². The van der Waals surface area contributed by atoms with E-state index in [1.165, 1.54) is 16.7 Å². The molecule has 4 atom stereocenters. The molecule has 11 heteroatoms. The van der Waals surface area contributed by atoms with Crippen molar-refractivity contribution in [2.45, 2.75) is 38.8 Å². The highest BCUT2D eigenvalue weighted by Crippen LogP contribution is 2.52. The Labute approximate surface area is 167 Å². The molecule has 28 heavy (non-hydrogen) atoms. The van der Waals surface area contributed by atoms with Crippen LogP contribution < -0.4 is 11.1 Å². The Morgan fingerprint density at radius 3 is 2.50 bits per heavy atom. The third-order valence-electron chi connectivity index (χ3n) is 4.46. The van der Waals surface area contributed by atoms with Crippen LogP contribution in [0, 0.1) is 17.2 Å². The quantitative estimate of drug-likeness (QED) is 0.123. The molecule has 7 N–H and O–H groups in total. The third-order valence-corrected chi connectivity index (χ3v) is 5.67. The predicted octanol–water partition coefficient (Wildman–Crippen LogP) is -0.120. The van der Waals surface area contributed by atoms with Gasteiger partial charge in [-0.25, -0.2) is 4.79 Å². The van der Waals surface area contributed by atoms with Crippen LogP contribution in [0.4, 0.5) is 0 Å². The van der Waals surface area contributed by atoms with E-state index in [0.717, 1.165) is 19.7 Å². The van der Waals surface area contributed by atoms with Crippen LogP contribution in [0.1, 0.15) is 26.7 Å². The van der Waals surface area contributed by atoms with Gasteiger partial charge in [0.1, 0.15) is 5.70 Å². The van der Waals surface area contributed by atoms with Gasteiger partial charge in [-0.3, -0.25) is 15.0 Å². The monoisotopic (exact) mass is 416 g/mol. The summed E-state index contributed by atoms with van der Waals surface area (Å²) in [5.74, 6) is -2.34. The lowest BCUT2D eigenvalue weighted by Crippen LogP contribution is -2.63. The Morgan fingerprint density at radius 2 is 2.04 bits per heavy atom. The lowest BCUT2D eigenvalue weighted by molar-refractivity contribution is -0.163. The van der Waals surface area contributed by atoms with E-state index in [1.54, 1.807) is 6.92 Å². The number of thioether (sulfide) groups is 1. The summed E-state index contributed by atoms with van der Waals surface area (Å²) in [5.41, 5.74) is 5.65. The second-order valence-corrected chi connectivity index (χ2v) is 7.62. The summed E-state index contributed by atoms with van der Waals surface area (Å²) in [4.78, 5) is 35.1. The number of nitrogens with one attached hydrogen (secondary N) is 2. The smallest absolute Gasteiger partial charge is 0.353 e. The van der Waals surface area contributed by atoms with E-state index in [2.05, 4.69) is 5.32 Å². The van der Waals surface area contributed by atoms with Crippen molar-refractivity contribution in [2.24, 2.45) is 17.6 Å². The van der Waals surface area contributed by atoms with Gasteiger partial charge in [0, 0.05) is 30.0 Å². The van der Waals surface area contributed by atoms with Crippen LogP contribution in [0.15, 0.2) is 10.6 Å². The van der Waals surface area contributed by atoms with Gasteiger partial charge in [0.2, 0.25) is 5.91 Å². The van der Waals surface area contributed by atoms with Crippen molar-refractivity contribution in [2.75, 3.05) is 18.8 Å². The topological polar surface area (TPSA) is 177 Å². The van der Waals surface area contributed by atoms with Gasteiger partial charge in [0.05, 0.1) is 24.4 Å². The van der Waals surface area contributed by atoms with E-state index < -0.39 is 24.0 Å². The largest absolute Gasteiger partial charge is 0.481 e. The molecule has 0 spiro atoms. The zero-order valence-corrected chi connectivity index (χ0v) is 16.7. The van der Waals surface area contributed by atoms with Crippen molar-refractivity contribution in [3.8, 4) is 0 Å². The molecule has 1 saturated heterocycles. The van der Waals surface area contributed by atoms with E-state index >= 15 is 0 Å². The molecule has 0 unspecified atom stereocenters. The van der Waals surface area contributed by atoms with Gasteiger partial charge in [-0.1, -0.05) is 0 Å². The maximum atomic E-state index is 12.3. The average Bonchev–Trinajstić information content (AvgIpc) is 2.86. The summed E-state index contributed by atoms with van der Waals surface area (Å²) in [6.45, 7) is 3.68. The molecule has 0 aromatic rings. The third kappa shape index (κ3) is 5.46. The molecule has 0 aromatic carbocycles. The maximum absolute atomic E-state index is 12.3. The first-order chi connectivity index (χ1) is 13.2. The van der Waals surface area contributed by atoms with Crippen molar-refractivity contribution in [3.63, 3.8) is 0 Å². The summed E-state index contributed by atoms with van der Waals surface area (Å²) in [6, 6.07) is -0.298. The molecule has 0 saturated carbocycles. The zero-order chi connectivity index (χ0) is 21.4. The fraction of sp³-hybridized carbons (Fsp3) is 0.647. The summed E-state index contributed by atoms with van der Waals surface area (Å²) in [5, 5.41) is 36.6. The van der Waals surface area contributed by atoms with E-state index in [-0.39, 0.29) is 23.6 Å². The van der Waals surface area contributed by atoms with Crippen LogP contribution in [0.5, 0.6) is 0 Å². The summed E-state index contributed by atoms with van der Waals surface area (Å²) in [7, 11) is 0. The molecule has 2 aliphatic rings. The van der Waals surface area contributed by atoms with Gasteiger partial charge in [-0.15, -0.1) is 11.8 Å². The molecule has 0 bridgehead atoms. The standard InChI is InChI=1S/C15H24N4O4S.C2H4O2/c1-8(20)10-11-9(3-2-4-16)13(24-6-5-18-7-17)12(15(22)23)19(11)14(10)21;1-2(3)4/h7-11,20H,2-6,16H2,1H3,(H2,17,18)(H,22,23);1H3,(H,3,4)/t8-,9-,10-,11-;/m1./s1. The Bertz CT molecular complexity index is 635. The van der Waals surface area contributed by atoms with Gasteiger partial charge < -0.3 is 31.3 Å². The van der Waals surface area contributed by atoms with Gasteiger partial charge in [0.25, 0.3) is 5.97 Å². The molecule has 0 aliphatic carbocycles. The number of nitrogens with two attached hydrogens (primary N) is 1. The molecule has 1 amide bonds. The molecule has 10 nitrogen and oxygen atoms in total. The first-order valence-electron chi connectivity index (χ1n) is 8.92. The Hall–Kier alpha value is -2.11. The number of aliphatic hydroxyl groups is 1. The van der Waals surface area contributed by atoms with Crippen molar-refractivity contribution in [1.82, 2.24) is 10.2 Å². The molecule has 0 aromatic heterocycles. The number of hydrogen-bond donors (Lipinski definition) is 6. The van der Waals surface area contributed by atoms with Crippen LogP contribution in [-0.4, -0.2) is 75.4 Å². The number of carbonyl (C=O) groups is 3. The maximum Gasteiger partial charge on any atom is 0.353 e. The fourth-order valence-corrected chi connectivity index (χ4v) is 4.71. The van der Waals surface area contributed by atoms with Crippen molar-refractivity contribution in [1.29, 1.82) is 5.41 Å². The van der Waals surface area contributed by atoms with Gasteiger partial charge in [-0.2, -0.15) is 0 Å². The molecular formula is C17H28N4O6S. The van der Waals surface area contributed by atoms with Crippen LogP contribution in [0.2, 0.25) is 0 Å². The predicted molar refractivity (Wildman–Crippen MR) is 105 cm³/mol. The number of carbonyl (C=O) groups excluding carboxylic acids is 1. The Morgan fingerprint density at radius 1 is 1.43 bits per heavy atom. The molecule has 1 fully saturated rings. The summed E-state index contributed by atoms with van der Waals surface area (Å²) >= 11 is 1.40. The number of hydrogen-bond acceptors (Lipinski definition) is 7. The minimum atomic E-state index is -1.12. The normalized spacial score (nSPS) is 23.9. The highest BCUT2D eigenvalue weighted by atomic mass is 32.2. The minimum Gasteiger partial charge on any atom is -0.481 e. The number of nitrogens with zero attached hydrogens (tertiary/aromatic N) is 1. The second-order valence-electron chi connectivity index (χ2n) is 6.49. The Kier molecular flexibility index (Phi) is 9.42. The molecule has 158 valence electrons. The first-order valence-corrected chi connectivity index (χ1v) is 9.90. The second kappa shape index (κ2) is 11.0. The number of aliphatic carboxylic acids is 2. The molecular weight excluding hydrogens is 388 g/mol. The summed E-state index contributed by atoms with van der Waals surface area (Å²) < 4.78 is 0. The number of carboxylic acid groups (broad SMARTS) is 2. The van der Waals surface area contributed by atoms with Crippen LogP contribution >= 0.6 is 11.8 Å². The van der Waals surface area contributed by atoms with Gasteiger partial charge in [0.15, 0.2) is 0 Å². The highest BCUT2D eigenvalue weighted by molar-refractivity contribution is 8.03. The average molecular weight is 417 g/mol. The number of β-lactam (4-membered cyclic amide) rings is 1. The van der Waals surface area contributed by atoms with E-state index in [0.29, 0.717) is 30.2 Å². The Balaban J connectivity index is 0.000000892. The molecule has 2 heterocycles. The fourth-order valence-electron chi connectivity index (χ4n) is 3.48. The number of rotatable bonds is 10. The lowest BCUT2D eigenvalue weighted by atomic mass is 9.77.